The van der Waals surface area contributed by atoms with Gasteiger partial charge in [0.25, 0.3) is 0 Å². The molecule has 1 fully saturated rings. The highest BCUT2D eigenvalue weighted by molar-refractivity contribution is 5.89. The van der Waals surface area contributed by atoms with Crippen molar-refractivity contribution in [2.75, 3.05) is 20.3 Å². The summed E-state index contributed by atoms with van der Waals surface area (Å²) in [4.78, 5) is 47.9. The molecule has 0 saturated carbocycles. The Balaban J connectivity index is 1.31. The highest BCUT2D eigenvalue weighted by Crippen LogP contribution is 2.36. The molecular weight excluding hydrogens is 692 g/mol. The second-order valence-electron chi connectivity index (χ2n) is 12.2. The minimum absolute atomic E-state index is 0.0728. The monoisotopic (exact) mass is 728 g/mol. The molecule has 0 bridgehead atoms. The largest absolute Gasteiger partial charge is 0.544 e. The summed E-state index contributed by atoms with van der Waals surface area (Å²) >= 11 is 0. The molecule has 0 aliphatic carbocycles. The number of ether oxygens (including phenoxy) is 4. The molecular formula is C34H36N2O16. The molecule has 3 aliphatic rings. The van der Waals surface area contributed by atoms with Gasteiger partial charge in [-0.1, -0.05) is 6.07 Å². The number of carboxylic acids is 3. The van der Waals surface area contributed by atoms with E-state index in [0.29, 0.717) is 22.4 Å². The van der Waals surface area contributed by atoms with Gasteiger partial charge in [-0.05, 0) is 47.6 Å². The maximum atomic E-state index is 12.4. The van der Waals surface area contributed by atoms with Crippen LogP contribution in [0.4, 0.5) is 5.69 Å². The van der Waals surface area contributed by atoms with Crippen LogP contribution in [0.1, 0.15) is 17.5 Å². The number of aliphatic carboxylic acids is 3. The molecule has 0 amide bonds. The van der Waals surface area contributed by atoms with Crippen LogP contribution >= 0.6 is 0 Å². The Morgan fingerprint density at radius 1 is 1.00 bits per heavy atom. The van der Waals surface area contributed by atoms with E-state index in [-0.39, 0.29) is 47.2 Å². The van der Waals surface area contributed by atoms with E-state index < -0.39 is 79.0 Å². The van der Waals surface area contributed by atoms with E-state index in [0.717, 1.165) is 6.08 Å². The van der Waals surface area contributed by atoms with Crippen LogP contribution in [0.5, 0.6) is 23.0 Å². The lowest BCUT2D eigenvalue weighted by Crippen LogP contribution is -3.11. The number of aliphatic hydroxyl groups excluding tert-OH is 3. The molecule has 2 aromatic carbocycles. The number of aliphatic hydroxyl groups is 3. The van der Waals surface area contributed by atoms with Crippen molar-refractivity contribution >= 4 is 35.6 Å². The molecule has 1 saturated heterocycles. The first-order valence-electron chi connectivity index (χ1n) is 15.8. The predicted octanol–water partition coefficient (Wildman–Crippen LogP) is -2.92. The number of fused-ring (bicyclic) bond motifs is 1. The fourth-order valence-corrected chi connectivity index (χ4v) is 6.05. The van der Waals surface area contributed by atoms with Gasteiger partial charge in [0.1, 0.15) is 67.0 Å². The zero-order chi connectivity index (χ0) is 37.9. The van der Waals surface area contributed by atoms with Gasteiger partial charge in [0.2, 0.25) is 6.29 Å². The fraction of sp³-hybridized carbons (Fsp3) is 0.353. The summed E-state index contributed by atoms with van der Waals surface area (Å²) in [6.07, 6.45) is -3.56. The molecule has 18 nitrogen and oxygen atoms in total. The first-order valence-corrected chi connectivity index (χ1v) is 15.8. The van der Waals surface area contributed by atoms with Crippen molar-refractivity contribution in [1.82, 2.24) is 5.32 Å². The number of hydrogen-bond donors (Lipinski definition) is 9. The second kappa shape index (κ2) is 15.7. The molecule has 18 heteroatoms. The molecule has 3 heterocycles. The lowest BCUT2D eigenvalue weighted by atomic mass is 9.99. The number of methoxy groups -OCH3 is 1. The summed E-state index contributed by atoms with van der Waals surface area (Å²) in [7, 11) is 1.36. The third kappa shape index (κ3) is 8.27. The number of nitrogens with one attached hydrogen (secondary N) is 2. The number of benzene rings is 2. The Labute approximate surface area is 294 Å². The minimum atomic E-state index is -1.86. The van der Waals surface area contributed by atoms with E-state index in [2.05, 4.69) is 5.32 Å². The van der Waals surface area contributed by atoms with Crippen LogP contribution in [0.3, 0.4) is 0 Å². The lowest BCUT2D eigenvalue weighted by Gasteiger charge is -2.39. The van der Waals surface area contributed by atoms with Crippen LogP contribution in [-0.2, 0) is 35.1 Å². The summed E-state index contributed by atoms with van der Waals surface area (Å²) in [6.45, 7) is -0.671. The molecule has 52 heavy (non-hydrogen) atoms. The minimum Gasteiger partial charge on any atom is -0.544 e. The summed E-state index contributed by atoms with van der Waals surface area (Å²) in [5, 5.41) is 85.6. The van der Waals surface area contributed by atoms with E-state index in [4.69, 9.17) is 18.9 Å². The Morgan fingerprint density at radius 3 is 2.42 bits per heavy atom. The molecule has 1 unspecified atom stereocenters. The molecule has 0 aromatic heterocycles. The molecule has 8 atom stereocenters. The lowest BCUT2D eigenvalue weighted by molar-refractivity contribution is -0.840. The number of rotatable bonds is 12. The maximum Gasteiger partial charge on any atom is 0.351 e. The number of quaternary nitrogens is 1. The van der Waals surface area contributed by atoms with Crippen LogP contribution in [0.15, 0.2) is 59.8 Å². The summed E-state index contributed by atoms with van der Waals surface area (Å²) in [6, 6.07) is 4.48. The van der Waals surface area contributed by atoms with Crippen molar-refractivity contribution < 1.29 is 83.9 Å². The van der Waals surface area contributed by atoms with E-state index in [1.165, 1.54) is 55.7 Å². The van der Waals surface area contributed by atoms with Gasteiger partial charge < -0.3 is 69.9 Å². The number of carboxylic acid groups (broad SMARTS) is 3. The molecule has 3 aliphatic heterocycles. The molecule has 5 rings (SSSR count). The average molecular weight is 729 g/mol. The Morgan fingerprint density at radius 2 is 1.75 bits per heavy atom. The number of carbonyl (C=O) groups excluding carboxylic acids is 2. The van der Waals surface area contributed by atoms with Gasteiger partial charge in [-0.25, -0.2) is 14.4 Å². The zero-order valence-corrected chi connectivity index (χ0v) is 27.4. The van der Waals surface area contributed by atoms with Gasteiger partial charge >= 0.3 is 17.9 Å². The van der Waals surface area contributed by atoms with Gasteiger partial charge in [-0.15, -0.1) is 0 Å². The summed E-state index contributed by atoms with van der Waals surface area (Å²) in [5.74, 6) is -5.68. The van der Waals surface area contributed by atoms with Crippen molar-refractivity contribution in [3.8, 4) is 23.0 Å². The van der Waals surface area contributed by atoms with Gasteiger partial charge in [0.15, 0.2) is 23.0 Å². The Bertz CT molecular complexity index is 1820. The van der Waals surface area contributed by atoms with E-state index in [1.54, 1.807) is 0 Å². The fourth-order valence-electron chi connectivity index (χ4n) is 6.05. The van der Waals surface area contributed by atoms with Crippen molar-refractivity contribution in [2.24, 2.45) is 0 Å². The predicted molar refractivity (Wildman–Crippen MR) is 171 cm³/mol. The van der Waals surface area contributed by atoms with Crippen LogP contribution in [0, 0.1) is 0 Å². The van der Waals surface area contributed by atoms with E-state index in [1.807, 2.05) is 0 Å². The maximum absolute atomic E-state index is 12.4. The van der Waals surface area contributed by atoms with Crippen LogP contribution in [0.2, 0.25) is 0 Å². The number of hydrogen-bond acceptors (Lipinski definition) is 15. The number of phenolic OH excluding ortho intramolecular Hbond substituents is 2. The van der Waals surface area contributed by atoms with Gasteiger partial charge in [-0.3, -0.25) is 4.90 Å². The third-order valence-electron chi connectivity index (χ3n) is 8.79. The molecule has 2 aromatic rings. The normalized spacial score (nSPS) is 27.7. The van der Waals surface area contributed by atoms with Crippen molar-refractivity contribution in [3.05, 3.63) is 71.0 Å². The number of esters is 1. The van der Waals surface area contributed by atoms with Gasteiger partial charge in [0.05, 0.1) is 7.11 Å². The average Bonchev–Trinajstić information content (AvgIpc) is 3.47. The third-order valence-corrected chi connectivity index (χ3v) is 8.79. The summed E-state index contributed by atoms with van der Waals surface area (Å²) in [5.41, 5.74) is 1.18. The molecule has 9 N–H and O–H groups in total. The Hall–Kier alpha value is -5.66. The quantitative estimate of drug-likeness (QED) is 0.0601. The Kier molecular flexibility index (Phi) is 11.4. The van der Waals surface area contributed by atoms with Crippen LogP contribution in [-0.4, -0.2) is 123 Å². The van der Waals surface area contributed by atoms with Gasteiger partial charge in [0, 0.05) is 30.5 Å². The van der Waals surface area contributed by atoms with E-state index in [9.17, 15) is 60.0 Å². The number of carbonyl (C=O) groups is 4. The summed E-state index contributed by atoms with van der Waals surface area (Å²) < 4.78 is 21.5. The highest BCUT2D eigenvalue weighted by atomic mass is 16.7. The van der Waals surface area contributed by atoms with Crippen LogP contribution < -0.4 is 24.8 Å². The topological polar surface area (TPSA) is 286 Å². The molecule has 0 radical (unpaired) electrons. The van der Waals surface area contributed by atoms with Crippen molar-refractivity contribution in [3.63, 3.8) is 0 Å². The highest BCUT2D eigenvalue weighted by Gasteiger charge is 2.46. The zero-order valence-electron chi connectivity index (χ0n) is 27.4. The van der Waals surface area contributed by atoms with E-state index >= 15 is 0 Å². The van der Waals surface area contributed by atoms with Crippen molar-refractivity contribution in [2.45, 2.75) is 55.6 Å². The van der Waals surface area contributed by atoms with Crippen molar-refractivity contribution in [1.29, 1.82) is 0 Å². The molecule has 0 spiro atoms. The number of allylic oxidation sites excluding steroid dienone is 1. The number of aromatic hydroxyl groups is 2. The smallest absolute Gasteiger partial charge is 0.351 e. The standard InChI is InChI=1S/C34H36N2O16/c1-49-24-10-15(2-4-22(24)37)3-5-27(39)50-14-26-28(40)29(41)30(42)34(52-26)51-25-13-20-17(12-23(25)38)11-21(33(47)48)36(20)7-6-16-8-18(31(43)44)35-19(9-16)32(45)46/h2-6,8,10,12-13,19,21,26,28-30,34-35,37-38,40-42H,7,9,11,14H2,1H3,(H,43,44)(H,45,46)(H,47,48)/t19-,21-,26+,28+,29+,30+,34+/m1/s1. The van der Waals surface area contributed by atoms with Gasteiger partial charge in [-0.2, -0.15) is 0 Å². The van der Waals surface area contributed by atoms with Crippen LogP contribution in [0.25, 0.3) is 6.08 Å². The molecule has 278 valence electrons. The first kappa shape index (κ1) is 37.6. The SMILES string of the molecule is COc1cc(C=CC(=O)OC[C@@H]2O[C@H](Oc3cc4c(cc3O)C[C@H](C(=O)[O-])[NH+]4CC=C3C=C(C(=O)O)N[C@@H](C(=O)O)C3)[C@@H](O)[C@@H](O)[C@H]2O)ccc1O. The number of phenols is 2. The first-order chi connectivity index (χ1) is 24.7. The second-order valence-corrected chi connectivity index (χ2v) is 12.2.